The van der Waals surface area contributed by atoms with Crippen molar-refractivity contribution in [2.45, 2.75) is 6.10 Å². The quantitative estimate of drug-likeness (QED) is 0.639. The Labute approximate surface area is 151 Å². The second-order valence-electron chi connectivity index (χ2n) is 5.34. The molecular weight excluding hydrogens is 368 g/mol. The van der Waals surface area contributed by atoms with Crippen LogP contribution in [0.1, 0.15) is 9.67 Å². The second-order valence-corrected chi connectivity index (χ2v) is 8.06. The van der Waals surface area contributed by atoms with Crippen LogP contribution in [0.3, 0.4) is 0 Å². The molecule has 4 rings (SSSR count). The summed E-state index contributed by atoms with van der Waals surface area (Å²) >= 11 is 8.68. The number of anilines is 1. The average Bonchev–Trinajstić information content (AvgIpc) is 3.15. The summed E-state index contributed by atoms with van der Waals surface area (Å²) in [5, 5.41) is 0.918. The van der Waals surface area contributed by atoms with Crippen LogP contribution in [0.5, 0.6) is 5.75 Å². The SMILES string of the molecule is COc1cccc2sc(N3CC(OC(=O)c4ccc(Cl)s4)C3)nc12. The van der Waals surface area contributed by atoms with Crippen LogP contribution in [0.2, 0.25) is 4.34 Å². The summed E-state index contributed by atoms with van der Waals surface area (Å²) in [6.45, 7) is 1.29. The largest absolute Gasteiger partial charge is 0.494 e. The first-order chi connectivity index (χ1) is 11.6. The third kappa shape index (κ3) is 2.83. The number of nitrogens with zero attached hydrogens (tertiary/aromatic N) is 2. The molecule has 0 aliphatic carbocycles. The van der Waals surface area contributed by atoms with E-state index in [0.29, 0.717) is 22.3 Å². The van der Waals surface area contributed by atoms with E-state index in [0.717, 1.165) is 21.1 Å². The van der Waals surface area contributed by atoms with Crippen molar-refractivity contribution in [1.29, 1.82) is 0 Å². The minimum Gasteiger partial charge on any atom is -0.494 e. The minimum atomic E-state index is -0.317. The van der Waals surface area contributed by atoms with Gasteiger partial charge in [0, 0.05) is 0 Å². The monoisotopic (exact) mass is 380 g/mol. The molecule has 24 heavy (non-hydrogen) atoms. The number of rotatable bonds is 4. The fraction of sp³-hybridized carbons (Fsp3) is 0.250. The predicted octanol–water partition coefficient (Wildman–Crippen LogP) is 4.07. The van der Waals surface area contributed by atoms with Crippen molar-refractivity contribution in [3.8, 4) is 5.75 Å². The Morgan fingerprint density at radius 2 is 2.12 bits per heavy atom. The van der Waals surface area contributed by atoms with Crippen molar-refractivity contribution in [3.63, 3.8) is 0 Å². The summed E-state index contributed by atoms with van der Waals surface area (Å²) in [6.07, 6.45) is -0.118. The normalized spacial score (nSPS) is 14.7. The van der Waals surface area contributed by atoms with Crippen LogP contribution in [0.15, 0.2) is 30.3 Å². The predicted molar refractivity (Wildman–Crippen MR) is 96.9 cm³/mol. The maximum Gasteiger partial charge on any atom is 0.348 e. The lowest BCUT2D eigenvalue weighted by atomic mass is 10.2. The number of carbonyl (C=O) groups excluding carboxylic acids is 1. The number of carbonyl (C=O) groups is 1. The van der Waals surface area contributed by atoms with E-state index in [4.69, 9.17) is 21.1 Å². The molecule has 124 valence electrons. The lowest BCUT2D eigenvalue weighted by molar-refractivity contribution is 0.0240. The third-order valence-electron chi connectivity index (χ3n) is 3.76. The van der Waals surface area contributed by atoms with Gasteiger partial charge < -0.3 is 14.4 Å². The third-order valence-corrected chi connectivity index (χ3v) is 6.05. The molecule has 0 unspecified atom stereocenters. The molecule has 3 heterocycles. The van der Waals surface area contributed by atoms with Gasteiger partial charge >= 0.3 is 5.97 Å². The summed E-state index contributed by atoms with van der Waals surface area (Å²) in [7, 11) is 1.64. The van der Waals surface area contributed by atoms with Crippen molar-refractivity contribution >= 4 is 55.6 Å². The number of aromatic nitrogens is 1. The Morgan fingerprint density at radius 1 is 1.29 bits per heavy atom. The van der Waals surface area contributed by atoms with Gasteiger partial charge in [0.2, 0.25) is 0 Å². The van der Waals surface area contributed by atoms with Gasteiger partial charge in [0.15, 0.2) is 5.13 Å². The van der Waals surface area contributed by atoms with Crippen molar-refractivity contribution in [2.75, 3.05) is 25.1 Å². The number of halogens is 1. The zero-order valence-electron chi connectivity index (χ0n) is 12.7. The molecule has 0 amide bonds. The van der Waals surface area contributed by atoms with Crippen LogP contribution in [0.25, 0.3) is 10.2 Å². The van der Waals surface area contributed by atoms with Crippen LogP contribution < -0.4 is 9.64 Å². The zero-order valence-corrected chi connectivity index (χ0v) is 15.1. The van der Waals surface area contributed by atoms with Crippen molar-refractivity contribution < 1.29 is 14.3 Å². The molecule has 8 heteroatoms. The standard InChI is InChI=1S/C16H13ClN2O3S2/c1-21-10-3-2-4-11-14(10)18-16(24-11)19-7-9(8-19)22-15(20)12-5-6-13(17)23-12/h2-6,9H,7-8H2,1H3. The van der Waals surface area contributed by atoms with E-state index in [9.17, 15) is 4.79 Å². The number of hydrogen-bond donors (Lipinski definition) is 0. The molecule has 0 spiro atoms. The van der Waals surface area contributed by atoms with E-state index in [1.165, 1.54) is 11.3 Å². The maximum absolute atomic E-state index is 12.0. The van der Waals surface area contributed by atoms with Gasteiger partial charge in [-0.3, -0.25) is 0 Å². The Bertz CT molecular complexity index is 902. The maximum atomic E-state index is 12.0. The van der Waals surface area contributed by atoms with Gasteiger partial charge in [0.25, 0.3) is 0 Å². The van der Waals surface area contributed by atoms with Crippen LogP contribution in [0, 0.1) is 0 Å². The first kappa shape index (κ1) is 15.7. The number of methoxy groups -OCH3 is 1. The summed E-state index contributed by atoms with van der Waals surface area (Å²) in [4.78, 5) is 19.3. The molecular formula is C16H13ClN2O3S2. The summed E-state index contributed by atoms with van der Waals surface area (Å²) in [5.41, 5.74) is 0.869. The van der Waals surface area contributed by atoms with E-state index in [2.05, 4.69) is 9.88 Å². The highest BCUT2D eigenvalue weighted by Crippen LogP contribution is 2.36. The van der Waals surface area contributed by atoms with Crippen LogP contribution in [0.4, 0.5) is 5.13 Å². The average molecular weight is 381 g/mol. The van der Waals surface area contributed by atoms with E-state index < -0.39 is 0 Å². The first-order valence-corrected chi connectivity index (χ1v) is 9.30. The smallest absolute Gasteiger partial charge is 0.348 e. The Balaban J connectivity index is 1.41. The number of hydrogen-bond acceptors (Lipinski definition) is 7. The van der Waals surface area contributed by atoms with Crippen molar-refractivity contribution in [3.05, 3.63) is 39.5 Å². The molecule has 1 aromatic carbocycles. The van der Waals surface area contributed by atoms with Crippen LogP contribution in [-0.4, -0.2) is 37.3 Å². The van der Waals surface area contributed by atoms with Crippen LogP contribution >= 0.6 is 34.3 Å². The van der Waals surface area contributed by atoms with Crippen LogP contribution in [-0.2, 0) is 4.74 Å². The molecule has 1 aliphatic heterocycles. The van der Waals surface area contributed by atoms with Gasteiger partial charge in [-0.25, -0.2) is 9.78 Å². The Kier molecular flexibility index (Phi) is 4.07. The molecule has 5 nitrogen and oxygen atoms in total. The highest BCUT2D eigenvalue weighted by molar-refractivity contribution is 7.22. The zero-order chi connectivity index (χ0) is 16.7. The minimum absolute atomic E-state index is 0.118. The fourth-order valence-electron chi connectivity index (χ4n) is 2.51. The van der Waals surface area contributed by atoms with Gasteiger partial charge in [-0.2, -0.15) is 0 Å². The molecule has 1 aliphatic rings. The number of fused-ring (bicyclic) bond motifs is 1. The van der Waals surface area contributed by atoms with E-state index >= 15 is 0 Å². The molecule has 3 aromatic rings. The van der Waals surface area contributed by atoms with E-state index in [1.807, 2.05) is 18.2 Å². The van der Waals surface area contributed by atoms with Crippen molar-refractivity contribution in [2.24, 2.45) is 0 Å². The Hall–Kier alpha value is -1.83. The lowest BCUT2D eigenvalue weighted by Gasteiger charge is -2.38. The topological polar surface area (TPSA) is 51.7 Å². The molecule has 1 saturated heterocycles. The molecule has 0 radical (unpaired) electrons. The highest BCUT2D eigenvalue weighted by Gasteiger charge is 2.32. The fourth-order valence-corrected chi connectivity index (χ4v) is 4.44. The molecule has 0 N–H and O–H groups in total. The van der Waals surface area contributed by atoms with E-state index in [-0.39, 0.29) is 12.1 Å². The molecule has 2 aromatic heterocycles. The summed E-state index contributed by atoms with van der Waals surface area (Å²) in [6, 6.07) is 9.27. The van der Waals surface area contributed by atoms with Gasteiger partial charge in [0.05, 0.1) is 29.2 Å². The molecule has 0 saturated carbocycles. The summed E-state index contributed by atoms with van der Waals surface area (Å²) < 4.78 is 12.5. The summed E-state index contributed by atoms with van der Waals surface area (Å²) in [5.74, 6) is 0.454. The number of esters is 1. The van der Waals surface area contributed by atoms with E-state index in [1.54, 1.807) is 30.6 Å². The Morgan fingerprint density at radius 3 is 2.83 bits per heavy atom. The number of benzene rings is 1. The number of thiazole rings is 1. The van der Waals surface area contributed by atoms with Gasteiger partial charge in [-0.1, -0.05) is 29.0 Å². The highest BCUT2D eigenvalue weighted by atomic mass is 35.5. The van der Waals surface area contributed by atoms with Gasteiger partial charge in [-0.15, -0.1) is 11.3 Å². The second kappa shape index (κ2) is 6.23. The molecule has 1 fully saturated rings. The number of para-hydroxylation sites is 1. The lowest BCUT2D eigenvalue weighted by Crippen LogP contribution is -2.53. The first-order valence-electron chi connectivity index (χ1n) is 7.29. The van der Waals surface area contributed by atoms with Gasteiger partial charge in [-0.05, 0) is 24.3 Å². The number of thiophene rings is 1. The molecule has 0 bridgehead atoms. The molecule has 0 atom stereocenters. The number of ether oxygens (including phenoxy) is 2. The van der Waals surface area contributed by atoms with Gasteiger partial charge in [0.1, 0.15) is 22.2 Å². The van der Waals surface area contributed by atoms with Crippen molar-refractivity contribution in [1.82, 2.24) is 4.98 Å².